The Balaban J connectivity index is 1.35. The summed E-state index contributed by atoms with van der Waals surface area (Å²) < 4.78 is 0. The topological polar surface area (TPSA) is 73.4 Å². The Morgan fingerprint density at radius 2 is 1.88 bits per heavy atom. The largest absolute Gasteiger partial charge is 0.362 e. The fourth-order valence-corrected chi connectivity index (χ4v) is 5.16. The molecule has 0 unspecified atom stereocenters. The van der Waals surface area contributed by atoms with Gasteiger partial charge in [0.2, 0.25) is 11.9 Å². The summed E-state index contributed by atoms with van der Waals surface area (Å²) in [7, 11) is 2.06. The van der Waals surface area contributed by atoms with Crippen LogP contribution >= 0.6 is 34.8 Å². The number of nitrogens with one attached hydrogen (secondary N) is 2. The number of carbonyl (C=O) groups excluding carboxylic acids is 1. The number of hydrogen-bond donors (Lipinski definition) is 2. The van der Waals surface area contributed by atoms with Crippen LogP contribution in [0.4, 0.5) is 11.8 Å². The molecule has 0 saturated carbocycles. The van der Waals surface area contributed by atoms with Gasteiger partial charge < -0.3 is 20.4 Å². The second kappa shape index (κ2) is 10.6. The van der Waals surface area contributed by atoms with Crippen molar-refractivity contribution in [1.82, 2.24) is 20.2 Å². The highest BCUT2D eigenvalue weighted by Crippen LogP contribution is 2.31. The minimum atomic E-state index is -0.120. The van der Waals surface area contributed by atoms with Crippen molar-refractivity contribution in [2.45, 2.75) is 38.3 Å². The smallest absolute Gasteiger partial charge is 0.227 e. The average molecular weight is 512 g/mol. The molecule has 178 valence electrons. The van der Waals surface area contributed by atoms with Crippen molar-refractivity contribution in [2.75, 3.05) is 43.4 Å². The number of nitrogens with zero attached hydrogens (tertiary/aromatic N) is 4. The van der Waals surface area contributed by atoms with Crippen molar-refractivity contribution in [3.63, 3.8) is 0 Å². The summed E-state index contributed by atoms with van der Waals surface area (Å²) in [5.41, 5.74) is 0.905. The Bertz CT molecular complexity index is 998. The second-order valence-electron chi connectivity index (χ2n) is 8.92. The van der Waals surface area contributed by atoms with Gasteiger partial charge in [-0.3, -0.25) is 4.79 Å². The zero-order valence-electron chi connectivity index (χ0n) is 18.8. The predicted molar refractivity (Wildman–Crippen MR) is 135 cm³/mol. The number of aromatic nitrogens is 2. The Labute approximate surface area is 209 Å². The highest BCUT2D eigenvalue weighted by atomic mass is 35.5. The number of carbonyl (C=O) groups is 1. The van der Waals surface area contributed by atoms with Gasteiger partial charge in [-0.15, -0.1) is 0 Å². The van der Waals surface area contributed by atoms with Gasteiger partial charge in [0, 0.05) is 35.7 Å². The molecule has 1 aromatic heterocycles. The van der Waals surface area contributed by atoms with Crippen LogP contribution in [0.2, 0.25) is 15.1 Å². The first-order valence-electron chi connectivity index (χ1n) is 11.3. The molecule has 0 radical (unpaired) electrons. The van der Waals surface area contributed by atoms with Gasteiger partial charge in [0.05, 0.1) is 18.2 Å². The van der Waals surface area contributed by atoms with E-state index in [1.807, 2.05) is 19.1 Å². The minimum absolute atomic E-state index is 0.109. The molecule has 10 heteroatoms. The van der Waals surface area contributed by atoms with E-state index in [0.29, 0.717) is 26.8 Å². The van der Waals surface area contributed by atoms with Crippen LogP contribution in [0.15, 0.2) is 24.4 Å². The molecule has 2 N–H and O–H groups in total. The summed E-state index contributed by atoms with van der Waals surface area (Å²) >= 11 is 18.7. The monoisotopic (exact) mass is 510 g/mol. The van der Waals surface area contributed by atoms with Crippen LogP contribution in [-0.2, 0) is 4.79 Å². The van der Waals surface area contributed by atoms with E-state index in [2.05, 4.69) is 37.4 Å². The van der Waals surface area contributed by atoms with E-state index in [9.17, 15) is 4.79 Å². The summed E-state index contributed by atoms with van der Waals surface area (Å²) in [4.78, 5) is 26.0. The average Bonchev–Trinajstić information content (AvgIpc) is 3.22. The van der Waals surface area contributed by atoms with Crippen molar-refractivity contribution >= 4 is 52.5 Å². The SMILES string of the molecule is C[C@@H](Nc1nc(N2CCC(NC(=O)[C@H]3CCN(C)C3)CC2)ncc1Cl)c1ccc(Cl)cc1Cl. The first kappa shape index (κ1) is 24.3. The van der Waals surface area contributed by atoms with E-state index < -0.39 is 0 Å². The van der Waals surface area contributed by atoms with Gasteiger partial charge in [-0.05, 0) is 57.5 Å². The van der Waals surface area contributed by atoms with Gasteiger partial charge in [-0.2, -0.15) is 4.98 Å². The summed E-state index contributed by atoms with van der Waals surface area (Å²) in [6, 6.07) is 5.49. The van der Waals surface area contributed by atoms with Gasteiger partial charge >= 0.3 is 0 Å². The van der Waals surface area contributed by atoms with E-state index in [1.165, 1.54) is 0 Å². The van der Waals surface area contributed by atoms with E-state index in [1.54, 1.807) is 12.3 Å². The number of benzene rings is 1. The molecule has 1 aromatic carbocycles. The van der Waals surface area contributed by atoms with Crippen LogP contribution in [0.5, 0.6) is 0 Å². The molecule has 2 aromatic rings. The Morgan fingerprint density at radius 1 is 1.12 bits per heavy atom. The Kier molecular flexibility index (Phi) is 7.84. The molecular weight excluding hydrogens is 483 g/mol. The molecule has 2 fully saturated rings. The Morgan fingerprint density at radius 3 is 2.55 bits per heavy atom. The van der Waals surface area contributed by atoms with Gasteiger partial charge in [0.25, 0.3) is 0 Å². The van der Waals surface area contributed by atoms with Crippen LogP contribution in [0, 0.1) is 5.92 Å². The number of likely N-dealkylation sites (tertiary alicyclic amines) is 1. The second-order valence-corrected chi connectivity index (χ2v) is 10.2. The van der Waals surface area contributed by atoms with Crippen LogP contribution in [0.1, 0.15) is 37.8 Å². The fourth-order valence-electron chi connectivity index (χ4n) is 4.44. The summed E-state index contributed by atoms with van der Waals surface area (Å²) in [6.45, 7) is 5.37. The van der Waals surface area contributed by atoms with Gasteiger partial charge in [-0.1, -0.05) is 40.9 Å². The highest BCUT2D eigenvalue weighted by molar-refractivity contribution is 6.35. The van der Waals surface area contributed by atoms with Crippen molar-refractivity contribution in [3.8, 4) is 0 Å². The number of piperidine rings is 1. The molecule has 0 bridgehead atoms. The maximum absolute atomic E-state index is 12.5. The normalized spacial score (nSPS) is 20.6. The first-order chi connectivity index (χ1) is 15.8. The predicted octanol–water partition coefficient (Wildman–Crippen LogP) is 4.65. The summed E-state index contributed by atoms with van der Waals surface area (Å²) in [6.07, 6.45) is 4.28. The lowest BCUT2D eigenvalue weighted by molar-refractivity contribution is -0.125. The molecule has 1 amide bonds. The molecule has 0 aliphatic carbocycles. The summed E-state index contributed by atoms with van der Waals surface area (Å²) in [5, 5.41) is 8.20. The molecule has 2 atom stereocenters. The highest BCUT2D eigenvalue weighted by Gasteiger charge is 2.29. The lowest BCUT2D eigenvalue weighted by atomic mass is 10.0. The van der Waals surface area contributed by atoms with E-state index in [0.717, 1.165) is 51.0 Å². The van der Waals surface area contributed by atoms with Gasteiger partial charge in [-0.25, -0.2) is 4.98 Å². The third kappa shape index (κ3) is 6.01. The number of anilines is 2. The number of halogens is 3. The van der Waals surface area contributed by atoms with Crippen molar-refractivity contribution in [1.29, 1.82) is 0 Å². The van der Waals surface area contributed by atoms with Crippen LogP contribution in [0.3, 0.4) is 0 Å². The maximum Gasteiger partial charge on any atom is 0.227 e. The van der Waals surface area contributed by atoms with Crippen LogP contribution in [0.25, 0.3) is 0 Å². The molecule has 33 heavy (non-hydrogen) atoms. The Hall–Kier alpha value is -1.80. The molecule has 2 aliphatic heterocycles. The molecule has 4 rings (SSSR count). The lowest BCUT2D eigenvalue weighted by Crippen LogP contribution is -2.47. The van der Waals surface area contributed by atoms with Crippen LogP contribution < -0.4 is 15.5 Å². The van der Waals surface area contributed by atoms with Gasteiger partial charge in [0.15, 0.2) is 5.82 Å². The molecule has 7 nitrogen and oxygen atoms in total. The minimum Gasteiger partial charge on any atom is -0.362 e. The molecule has 2 saturated heterocycles. The quantitative estimate of drug-likeness (QED) is 0.588. The first-order valence-corrected chi connectivity index (χ1v) is 12.4. The molecule has 2 aliphatic rings. The van der Waals surface area contributed by atoms with E-state index >= 15 is 0 Å². The third-order valence-corrected chi connectivity index (χ3v) is 7.24. The van der Waals surface area contributed by atoms with Gasteiger partial charge in [0.1, 0.15) is 5.02 Å². The third-order valence-electron chi connectivity index (χ3n) is 6.40. The molecule has 0 spiro atoms. The summed E-state index contributed by atoms with van der Waals surface area (Å²) in [5.74, 6) is 1.47. The number of hydrogen-bond acceptors (Lipinski definition) is 6. The van der Waals surface area contributed by atoms with Crippen LogP contribution in [-0.4, -0.2) is 60.0 Å². The fraction of sp³-hybridized carbons (Fsp3) is 0.522. The van der Waals surface area contributed by atoms with Crippen molar-refractivity contribution in [2.24, 2.45) is 5.92 Å². The number of rotatable bonds is 6. The molecule has 3 heterocycles. The standard InChI is InChI=1S/C23H29Cl3N6O/c1-14(18-4-3-16(24)11-19(18)25)28-21-20(26)12-27-23(30-21)32-9-6-17(7-10-32)29-22(33)15-5-8-31(2)13-15/h3-4,11-12,14-15,17H,5-10,13H2,1-2H3,(H,29,33)(H,27,28,30)/t14-,15+/m1/s1. The lowest BCUT2D eigenvalue weighted by Gasteiger charge is -2.33. The molecular formula is C23H29Cl3N6O. The number of amides is 1. The maximum atomic E-state index is 12.5. The van der Waals surface area contributed by atoms with Crippen molar-refractivity contribution in [3.05, 3.63) is 45.0 Å². The van der Waals surface area contributed by atoms with E-state index in [-0.39, 0.29) is 23.9 Å². The van der Waals surface area contributed by atoms with E-state index in [4.69, 9.17) is 34.8 Å². The zero-order valence-corrected chi connectivity index (χ0v) is 21.1. The van der Waals surface area contributed by atoms with Crippen molar-refractivity contribution < 1.29 is 4.79 Å². The zero-order chi connectivity index (χ0) is 23.5.